The number of piperidine rings is 1. The summed E-state index contributed by atoms with van der Waals surface area (Å²) in [7, 11) is -3.60. The molecule has 0 N–H and O–H groups in total. The Bertz CT molecular complexity index is 1230. The molecule has 2 atom stereocenters. The molecule has 3 saturated heterocycles. The molecule has 10 nitrogen and oxygen atoms in total. The molecular formula is C19H26N8O2S. The third-order valence-electron chi connectivity index (χ3n) is 6.14. The Labute approximate surface area is 175 Å². The maximum absolute atomic E-state index is 13.6. The van der Waals surface area contributed by atoms with E-state index < -0.39 is 10.0 Å². The largest absolute Gasteiger partial charge is 0.352 e. The Hall–Kier alpha value is -2.53. The number of hydrogen-bond acceptors (Lipinski definition) is 7. The summed E-state index contributed by atoms with van der Waals surface area (Å²) in [5.41, 5.74) is 1.98. The van der Waals surface area contributed by atoms with Crippen LogP contribution in [-0.4, -0.2) is 67.5 Å². The van der Waals surface area contributed by atoms with E-state index in [9.17, 15) is 8.42 Å². The van der Waals surface area contributed by atoms with Gasteiger partial charge in [-0.3, -0.25) is 4.68 Å². The lowest BCUT2D eigenvalue weighted by Crippen LogP contribution is -2.70. The lowest BCUT2D eigenvalue weighted by Gasteiger charge is -2.55. The summed E-state index contributed by atoms with van der Waals surface area (Å²) in [4.78, 5) is 2.51. The van der Waals surface area contributed by atoms with Crippen molar-refractivity contribution in [3.63, 3.8) is 0 Å². The number of hydrogen-bond donors (Lipinski definition) is 0. The van der Waals surface area contributed by atoms with Gasteiger partial charge in [0.1, 0.15) is 10.7 Å². The Balaban J connectivity index is 1.42. The van der Waals surface area contributed by atoms with E-state index in [0.717, 1.165) is 18.1 Å². The number of aryl methyl sites for hydroxylation is 2. The van der Waals surface area contributed by atoms with Gasteiger partial charge in [-0.25, -0.2) is 8.42 Å². The molecule has 0 saturated carbocycles. The van der Waals surface area contributed by atoms with Gasteiger partial charge in [-0.15, -0.1) is 15.3 Å². The predicted octanol–water partition coefficient (Wildman–Crippen LogP) is 1.48. The van der Waals surface area contributed by atoms with Crippen molar-refractivity contribution in [1.29, 1.82) is 0 Å². The average molecular weight is 431 g/mol. The standard InChI is InChI=1S/C19H26N8O2S/c1-11(2)25-13(4)19(12(3)22-25)30(28,29)27-15-8-16(27)10-24(9-15)18-7-6-17-21-20-14(5)26(17)23-18/h6-7,11,15-16H,8-10H2,1-5H3. The minimum atomic E-state index is -3.60. The Morgan fingerprint density at radius 3 is 2.37 bits per heavy atom. The van der Waals surface area contributed by atoms with E-state index in [4.69, 9.17) is 0 Å². The SMILES string of the molecule is Cc1nn(C(C)C)c(C)c1S(=O)(=O)N1C2CC1CN(c1ccc3nnc(C)n3n1)C2. The molecule has 3 aromatic rings. The highest BCUT2D eigenvalue weighted by Crippen LogP contribution is 2.40. The third kappa shape index (κ3) is 2.68. The van der Waals surface area contributed by atoms with Gasteiger partial charge in [0.05, 0.1) is 11.4 Å². The summed E-state index contributed by atoms with van der Waals surface area (Å²) < 4.78 is 32.3. The predicted molar refractivity (Wildman–Crippen MR) is 111 cm³/mol. The first-order valence-corrected chi connectivity index (χ1v) is 11.7. The van der Waals surface area contributed by atoms with Crippen LogP contribution in [0.15, 0.2) is 17.0 Å². The minimum absolute atomic E-state index is 0.0607. The van der Waals surface area contributed by atoms with Gasteiger partial charge in [0, 0.05) is 31.2 Å². The van der Waals surface area contributed by atoms with Gasteiger partial charge in [0.15, 0.2) is 11.5 Å². The van der Waals surface area contributed by atoms with E-state index in [2.05, 4.69) is 25.3 Å². The van der Waals surface area contributed by atoms with Gasteiger partial charge in [-0.05, 0) is 53.2 Å². The van der Waals surface area contributed by atoms with Crippen molar-refractivity contribution in [2.24, 2.45) is 0 Å². The fourth-order valence-corrected chi connectivity index (χ4v) is 7.02. The second-order valence-electron chi connectivity index (χ2n) is 8.53. The maximum Gasteiger partial charge on any atom is 0.247 e. The summed E-state index contributed by atoms with van der Waals surface area (Å²) in [6.07, 6.45) is 0.875. The molecule has 3 aromatic heterocycles. The van der Waals surface area contributed by atoms with Crippen LogP contribution in [0.5, 0.6) is 0 Å². The zero-order valence-corrected chi connectivity index (χ0v) is 18.6. The topological polar surface area (TPSA) is 102 Å². The molecule has 6 rings (SSSR count). The summed E-state index contributed by atoms with van der Waals surface area (Å²) >= 11 is 0. The quantitative estimate of drug-likeness (QED) is 0.618. The highest BCUT2D eigenvalue weighted by atomic mass is 32.2. The molecule has 0 amide bonds. The van der Waals surface area contributed by atoms with E-state index >= 15 is 0 Å². The van der Waals surface area contributed by atoms with Crippen LogP contribution in [0.2, 0.25) is 0 Å². The number of anilines is 1. The van der Waals surface area contributed by atoms with E-state index in [0.29, 0.717) is 35.0 Å². The van der Waals surface area contributed by atoms with Crippen LogP contribution in [0.4, 0.5) is 5.82 Å². The van der Waals surface area contributed by atoms with Gasteiger partial charge in [-0.2, -0.15) is 13.9 Å². The first-order chi connectivity index (χ1) is 14.2. The van der Waals surface area contributed by atoms with Crippen molar-refractivity contribution < 1.29 is 8.42 Å². The molecule has 0 aromatic carbocycles. The minimum Gasteiger partial charge on any atom is -0.352 e. The molecule has 0 spiro atoms. The van der Waals surface area contributed by atoms with Crippen LogP contribution in [0, 0.1) is 20.8 Å². The van der Waals surface area contributed by atoms with Crippen molar-refractivity contribution >= 4 is 21.5 Å². The van der Waals surface area contributed by atoms with Crippen LogP contribution in [-0.2, 0) is 10.0 Å². The molecule has 3 fully saturated rings. The number of rotatable bonds is 4. The van der Waals surface area contributed by atoms with Gasteiger partial charge < -0.3 is 4.90 Å². The summed E-state index contributed by atoms with van der Waals surface area (Å²) in [5, 5.41) is 17.3. The first kappa shape index (κ1) is 19.4. The van der Waals surface area contributed by atoms with Crippen molar-refractivity contribution in [1.82, 2.24) is 33.9 Å². The molecule has 0 radical (unpaired) electrons. The molecule has 3 aliphatic heterocycles. The van der Waals surface area contributed by atoms with Crippen molar-refractivity contribution in [2.75, 3.05) is 18.0 Å². The number of nitrogens with zero attached hydrogens (tertiary/aromatic N) is 8. The highest BCUT2D eigenvalue weighted by molar-refractivity contribution is 7.89. The van der Waals surface area contributed by atoms with Gasteiger partial charge in [0.2, 0.25) is 10.0 Å². The number of sulfonamides is 1. The molecule has 6 heterocycles. The van der Waals surface area contributed by atoms with E-state index in [1.54, 1.807) is 20.4 Å². The molecule has 11 heteroatoms. The van der Waals surface area contributed by atoms with Crippen LogP contribution in [0.25, 0.3) is 5.65 Å². The highest BCUT2D eigenvalue weighted by Gasteiger charge is 2.52. The first-order valence-electron chi connectivity index (χ1n) is 10.2. The van der Waals surface area contributed by atoms with E-state index in [1.165, 1.54) is 0 Å². The Kier molecular flexibility index (Phi) is 4.20. The average Bonchev–Trinajstić information content (AvgIpc) is 3.20. The molecule has 0 aliphatic carbocycles. The monoisotopic (exact) mass is 430 g/mol. The Morgan fingerprint density at radius 2 is 1.73 bits per heavy atom. The molecular weight excluding hydrogens is 404 g/mol. The lowest BCUT2D eigenvalue weighted by molar-refractivity contribution is 0.0872. The lowest BCUT2D eigenvalue weighted by atomic mass is 9.91. The van der Waals surface area contributed by atoms with Crippen LogP contribution in [0.3, 0.4) is 0 Å². The fraction of sp³-hybridized carbons (Fsp3) is 0.579. The van der Waals surface area contributed by atoms with E-state index in [-0.39, 0.29) is 18.1 Å². The second kappa shape index (κ2) is 6.48. The number of fused-ring (bicyclic) bond motifs is 3. The third-order valence-corrected chi connectivity index (χ3v) is 8.40. The van der Waals surface area contributed by atoms with Crippen molar-refractivity contribution in [3.8, 4) is 0 Å². The van der Waals surface area contributed by atoms with Gasteiger partial charge in [0.25, 0.3) is 0 Å². The van der Waals surface area contributed by atoms with E-state index in [1.807, 2.05) is 39.8 Å². The Morgan fingerprint density at radius 1 is 1.03 bits per heavy atom. The molecule has 160 valence electrons. The normalized spacial score (nSPS) is 22.1. The summed E-state index contributed by atoms with van der Waals surface area (Å²) in [6.45, 7) is 10.7. The van der Waals surface area contributed by atoms with Gasteiger partial charge >= 0.3 is 0 Å². The molecule has 30 heavy (non-hydrogen) atoms. The summed E-state index contributed by atoms with van der Waals surface area (Å²) in [6, 6.07) is 3.81. The zero-order valence-electron chi connectivity index (χ0n) is 17.8. The smallest absolute Gasteiger partial charge is 0.247 e. The maximum atomic E-state index is 13.6. The second-order valence-corrected chi connectivity index (χ2v) is 10.3. The number of aromatic nitrogens is 6. The van der Waals surface area contributed by atoms with Crippen molar-refractivity contribution in [3.05, 3.63) is 29.3 Å². The summed E-state index contributed by atoms with van der Waals surface area (Å²) in [5.74, 6) is 1.54. The fourth-order valence-electron chi connectivity index (χ4n) is 4.84. The van der Waals surface area contributed by atoms with Gasteiger partial charge in [-0.1, -0.05) is 0 Å². The number of piperazine rings is 1. The van der Waals surface area contributed by atoms with Crippen LogP contribution in [0.1, 0.15) is 43.5 Å². The van der Waals surface area contributed by atoms with Crippen molar-refractivity contribution in [2.45, 2.75) is 64.1 Å². The van der Waals surface area contributed by atoms with Crippen LogP contribution < -0.4 is 4.90 Å². The molecule has 2 unspecified atom stereocenters. The van der Waals surface area contributed by atoms with Crippen LogP contribution >= 0.6 is 0 Å². The molecule has 2 bridgehead atoms. The molecule has 3 aliphatic rings. The zero-order chi connectivity index (χ0) is 21.4.